The third-order valence-electron chi connectivity index (χ3n) is 5.71. The van der Waals surface area contributed by atoms with Crippen molar-refractivity contribution in [2.24, 2.45) is 0 Å². The van der Waals surface area contributed by atoms with E-state index >= 15 is 0 Å². The Labute approximate surface area is 181 Å². The lowest BCUT2D eigenvalue weighted by Gasteiger charge is -2.37. The number of nitrogens with zero attached hydrogens (tertiary/aromatic N) is 4. The van der Waals surface area contributed by atoms with Crippen LogP contribution in [0.3, 0.4) is 0 Å². The van der Waals surface area contributed by atoms with Crippen molar-refractivity contribution in [1.82, 2.24) is 14.1 Å². The number of carbonyl (C=O) groups is 1. The van der Waals surface area contributed by atoms with Crippen LogP contribution in [0.15, 0.2) is 46.7 Å². The number of nitriles is 1. The highest BCUT2D eigenvalue weighted by Crippen LogP contribution is 2.29. The van der Waals surface area contributed by atoms with E-state index in [4.69, 9.17) is 0 Å². The molecule has 2 aromatic rings. The summed E-state index contributed by atoms with van der Waals surface area (Å²) in [5, 5.41) is 11.3. The van der Waals surface area contributed by atoms with Gasteiger partial charge in [0.2, 0.25) is 10.0 Å². The van der Waals surface area contributed by atoms with Crippen LogP contribution in [0.4, 0.5) is 0 Å². The average Bonchev–Trinajstić information content (AvgIpc) is 3.48. The lowest BCUT2D eigenvalue weighted by atomic mass is 10.1. The number of rotatable bonds is 5. The Morgan fingerprint density at radius 2 is 1.67 bits per heavy atom. The van der Waals surface area contributed by atoms with E-state index in [-0.39, 0.29) is 21.7 Å². The first-order chi connectivity index (χ1) is 14.5. The lowest BCUT2D eigenvalue weighted by Crippen LogP contribution is -2.49. The van der Waals surface area contributed by atoms with E-state index in [9.17, 15) is 18.5 Å². The average molecular weight is 445 g/mol. The zero-order chi connectivity index (χ0) is 21.1. The van der Waals surface area contributed by atoms with Gasteiger partial charge in [-0.3, -0.25) is 9.69 Å². The van der Waals surface area contributed by atoms with Gasteiger partial charge in [-0.1, -0.05) is 30.3 Å². The lowest BCUT2D eigenvalue weighted by molar-refractivity contribution is 0.0607. The Kier molecular flexibility index (Phi) is 6.20. The second kappa shape index (κ2) is 8.86. The molecule has 4 rings (SSSR count). The molecule has 1 aromatic carbocycles. The molecular weight excluding hydrogens is 420 g/mol. The minimum Gasteiger partial charge on any atom is -0.335 e. The van der Waals surface area contributed by atoms with Crippen molar-refractivity contribution in [1.29, 1.82) is 5.26 Å². The monoisotopic (exact) mass is 444 g/mol. The first-order valence-corrected chi connectivity index (χ1v) is 12.4. The van der Waals surface area contributed by atoms with Gasteiger partial charge in [0.25, 0.3) is 5.91 Å². The van der Waals surface area contributed by atoms with Gasteiger partial charge >= 0.3 is 0 Å². The van der Waals surface area contributed by atoms with Crippen LogP contribution in [0.5, 0.6) is 0 Å². The van der Waals surface area contributed by atoms with Gasteiger partial charge in [0.05, 0.1) is 6.07 Å². The van der Waals surface area contributed by atoms with Gasteiger partial charge in [-0.05, 0) is 29.9 Å². The molecule has 0 bridgehead atoms. The number of thiophene rings is 1. The molecule has 158 valence electrons. The van der Waals surface area contributed by atoms with Crippen LogP contribution < -0.4 is 0 Å². The van der Waals surface area contributed by atoms with Gasteiger partial charge in [0.15, 0.2) is 0 Å². The van der Waals surface area contributed by atoms with Gasteiger partial charge < -0.3 is 4.90 Å². The molecule has 0 spiro atoms. The SMILES string of the molecule is N#CC(c1ccccc1)N1CCN(C(=O)c2sccc2S(=O)(=O)N2CCCC2)CC1. The van der Waals surface area contributed by atoms with Crippen molar-refractivity contribution in [3.63, 3.8) is 0 Å². The molecule has 1 aromatic heterocycles. The maximum atomic E-state index is 13.1. The van der Waals surface area contributed by atoms with Crippen LogP contribution in [0.1, 0.15) is 34.1 Å². The summed E-state index contributed by atoms with van der Waals surface area (Å²) in [5.74, 6) is -0.240. The van der Waals surface area contributed by atoms with E-state index in [1.165, 1.54) is 15.6 Å². The fourth-order valence-corrected chi connectivity index (χ4v) is 6.93. The number of carbonyl (C=O) groups excluding carboxylic acids is 1. The molecule has 0 N–H and O–H groups in total. The van der Waals surface area contributed by atoms with Gasteiger partial charge in [0.1, 0.15) is 15.8 Å². The third-order valence-corrected chi connectivity index (χ3v) is 8.68. The fourth-order valence-electron chi connectivity index (χ4n) is 4.05. The zero-order valence-electron chi connectivity index (χ0n) is 16.6. The largest absolute Gasteiger partial charge is 0.335 e. The summed E-state index contributed by atoms with van der Waals surface area (Å²) in [7, 11) is -3.63. The summed E-state index contributed by atoms with van der Waals surface area (Å²) < 4.78 is 27.4. The second-order valence-corrected chi connectivity index (χ2v) is 10.3. The van der Waals surface area contributed by atoms with Gasteiger partial charge in [0, 0.05) is 39.3 Å². The highest BCUT2D eigenvalue weighted by molar-refractivity contribution is 7.89. The maximum absolute atomic E-state index is 13.1. The Balaban J connectivity index is 1.46. The Hall–Kier alpha value is -2.25. The number of benzene rings is 1. The van der Waals surface area contributed by atoms with E-state index < -0.39 is 10.0 Å². The van der Waals surface area contributed by atoms with E-state index in [1.54, 1.807) is 16.3 Å². The molecular formula is C21H24N4O3S2. The van der Waals surface area contributed by atoms with Crippen LogP contribution in [0.2, 0.25) is 0 Å². The van der Waals surface area contributed by atoms with E-state index in [0.717, 1.165) is 18.4 Å². The van der Waals surface area contributed by atoms with Crippen LogP contribution >= 0.6 is 11.3 Å². The summed E-state index contributed by atoms with van der Waals surface area (Å²) in [6.45, 7) is 3.09. The smallest absolute Gasteiger partial charge is 0.265 e. The van der Waals surface area contributed by atoms with E-state index in [0.29, 0.717) is 39.3 Å². The summed E-state index contributed by atoms with van der Waals surface area (Å²) >= 11 is 1.18. The first kappa shape index (κ1) is 21.0. The number of piperazine rings is 1. The maximum Gasteiger partial charge on any atom is 0.265 e. The first-order valence-electron chi connectivity index (χ1n) is 10.1. The summed E-state index contributed by atoms with van der Waals surface area (Å²) in [5.41, 5.74) is 0.942. The molecule has 0 radical (unpaired) electrons. The molecule has 7 nitrogen and oxygen atoms in total. The zero-order valence-corrected chi connectivity index (χ0v) is 18.2. The van der Waals surface area contributed by atoms with Gasteiger partial charge in [-0.25, -0.2) is 8.42 Å². The minimum absolute atomic E-state index is 0.126. The predicted molar refractivity (Wildman–Crippen MR) is 115 cm³/mol. The molecule has 30 heavy (non-hydrogen) atoms. The minimum atomic E-state index is -3.63. The highest BCUT2D eigenvalue weighted by Gasteiger charge is 2.34. The van der Waals surface area contributed by atoms with Gasteiger partial charge in [-0.2, -0.15) is 9.57 Å². The van der Waals surface area contributed by atoms with Gasteiger partial charge in [-0.15, -0.1) is 11.3 Å². The molecule has 1 atom stereocenters. The molecule has 2 saturated heterocycles. The van der Waals surface area contributed by atoms with Crippen molar-refractivity contribution in [2.75, 3.05) is 39.3 Å². The topological polar surface area (TPSA) is 84.7 Å². The molecule has 9 heteroatoms. The summed E-state index contributed by atoms with van der Waals surface area (Å²) in [6, 6.07) is 13.2. The molecule has 2 fully saturated rings. The second-order valence-electron chi connectivity index (χ2n) is 7.50. The Morgan fingerprint density at radius 3 is 2.30 bits per heavy atom. The van der Waals surface area contributed by atoms with Crippen molar-refractivity contribution < 1.29 is 13.2 Å². The standard InChI is InChI=1S/C21H24N4O3S2/c22-16-18(17-6-2-1-3-7-17)23-11-13-24(14-12-23)21(26)20-19(8-15-29-20)30(27,28)25-9-4-5-10-25/h1-3,6-8,15,18H,4-5,9-14H2. The third kappa shape index (κ3) is 4.01. The van der Waals surface area contributed by atoms with Crippen LogP contribution in [-0.2, 0) is 10.0 Å². The number of sulfonamides is 1. The molecule has 1 amide bonds. The molecule has 2 aliphatic heterocycles. The molecule has 1 unspecified atom stereocenters. The number of hydrogen-bond acceptors (Lipinski definition) is 6. The van der Waals surface area contributed by atoms with Crippen LogP contribution in [0.25, 0.3) is 0 Å². The Morgan fingerprint density at radius 1 is 1.00 bits per heavy atom. The summed E-state index contributed by atoms with van der Waals surface area (Å²) in [6.07, 6.45) is 1.71. The number of amides is 1. The summed E-state index contributed by atoms with van der Waals surface area (Å²) in [4.78, 5) is 17.3. The van der Waals surface area contributed by atoms with E-state index in [1.807, 2.05) is 30.3 Å². The van der Waals surface area contributed by atoms with Crippen molar-refractivity contribution in [2.45, 2.75) is 23.8 Å². The predicted octanol–water partition coefficient (Wildman–Crippen LogP) is 2.56. The molecule has 3 heterocycles. The molecule has 0 aliphatic carbocycles. The van der Waals surface area contributed by atoms with Crippen molar-refractivity contribution in [3.05, 3.63) is 52.2 Å². The van der Waals surface area contributed by atoms with E-state index in [2.05, 4.69) is 11.0 Å². The van der Waals surface area contributed by atoms with Crippen LogP contribution in [0, 0.1) is 11.3 Å². The quantitative estimate of drug-likeness (QED) is 0.708. The van der Waals surface area contributed by atoms with Crippen molar-refractivity contribution in [3.8, 4) is 6.07 Å². The fraction of sp³-hybridized carbons (Fsp3) is 0.429. The highest BCUT2D eigenvalue weighted by atomic mass is 32.2. The molecule has 2 aliphatic rings. The van der Waals surface area contributed by atoms with Crippen molar-refractivity contribution >= 4 is 27.3 Å². The Bertz CT molecular complexity index is 1030. The molecule has 0 saturated carbocycles. The number of hydrogen-bond donors (Lipinski definition) is 0. The normalized spacial score (nSPS) is 19.5. The van der Waals surface area contributed by atoms with Crippen LogP contribution in [-0.4, -0.2) is 67.7 Å².